The Bertz CT molecular complexity index is 972. The highest BCUT2D eigenvalue weighted by Crippen LogP contribution is 2.36. The number of carbonyl (C=O) groups excluding carboxylic acids is 2. The lowest BCUT2D eigenvalue weighted by Gasteiger charge is -2.49. The summed E-state index contributed by atoms with van der Waals surface area (Å²) in [6.45, 7) is 3.47. The molecule has 35 heavy (non-hydrogen) atoms. The van der Waals surface area contributed by atoms with Gasteiger partial charge >= 0.3 is 5.97 Å². The van der Waals surface area contributed by atoms with Crippen molar-refractivity contribution >= 4 is 11.9 Å². The van der Waals surface area contributed by atoms with Crippen LogP contribution in [0.15, 0.2) is 60.7 Å². The third-order valence-electron chi connectivity index (χ3n) is 5.93. The van der Waals surface area contributed by atoms with Crippen LogP contribution in [0.5, 0.6) is 0 Å². The maximum absolute atomic E-state index is 12.2. The Morgan fingerprint density at radius 2 is 1.74 bits per heavy atom. The van der Waals surface area contributed by atoms with Crippen molar-refractivity contribution in [3.8, 4) is 0 Å². The van der Waals surface area contributed by atoms with Crippen LogP contribution in [-0.4, -0.2) is 62.3 Å². The summed E-state index contributed by atoms with van der Waals surface area (Å²) in [5, 5.41) is 2.88. The van der Waals surface area contributed by atoms with E-state index in [9.17, 15) is 9.59 Å². The second kappa shape index (κ2) is 11.7. The molecule has 1 N–H and O–H groups in total. The molecule has 4 rings (SSSR count). The summed E-state index contributed by atoms with van der Waals surface area (Å²) < 4.78 is 35.6. The molecule has 1 amide bonds. The third-order valence-corrected chi connectivity index (χ3v) is 5.93. The molecular weight excluding hydrogens is 454 g/mol. The number of methoxy groups -OCH3 is 1. The lowest BCUT2D eigenvalue weighted by molar-refractivity contribution is -0.352. The van der Waals surface area contributed by atoms with Crippen LogP contribution in [0.1, 0.15) is 31.3 Å². The molecule has 2 aromatic rings. The van der Waals surface area contributed by atoms with Gasteiger partial charge in [0.1, 0.15) is 24.4 Å². The Balaban J connectivity index is 1.60. The first-order valence-electron chi connectivity index (χ1n) is 11.6. The van der Waals surface area contributed by atoms with Crippen molar-refractivity contribution < 1.29 is 38.0 Å². The Kier molecular flexibility index (Phi) is 8.48. The van der Waals surface area contributed by atoms with Crippen LogP contribution in [0.3, 0.4) is 0 Å². The van der Waals surface area contributed by atoms with Crippen LogP contribution >= 0.6 is 0 Å². The van der Waals surface area contributed by atoms with Gasteiger partial charge in [0, 0.05) is 12.5 Å². The van der Waals surface area contributed by atoms with E-state index in [0.717, 1.165) is 11.1 Å². The minimum atomic E-state index is -0.906. The Hall–Kier alpha value is -2.82. The maximum atomic E-state index is 12.2. The number of fused-ring (bicyclic) bond motifs is 1. The molecule has 2 aromatic carbocycles. The molecule has 2 heterocycles. The molecule has 1 unspecified atom stereocenters. The fraction of sp³-hybridized carbons (Fsp3) is 0.462. The van der Waals surface area contributed by atoms with E-state index < -0.39 is 49.0 Å². The van der Waals surface area contributed by atoms with E-state index in [0.29, 0.717) is 0 Å². The fourth-order valence-electron chi connectivity index (χ4n) is 4.25. The molecule has 0 saturated carbocycles. The summed E-state index contributed by atoms with van der Waals surface area (Å²) in [6.07, 6.45) is -4.39. The van der Waals surface area contributed by atoms with Crippen LogP contribution in [0.2, 0.25) is 0 Å². The van der Waals surface area contributed by atoms with Crippen molar-refractivity contribution in [2.75, 3.05) is 13.7 Å². The van der Waals surface area contributed by atoms with Gasteiger partial charge in [0.25, 0.3) is 0 Å². The second-order valence-electron chi connectivity index (χ2n) is 8.51. The predicted octanol–water partition coefficient (Wildman–Crippen LogP) is 2.49. The number of benzene rings is 2. The van der Waals surface area contributed by atoms with E-state index in [1.165, 1.54) is 14.0 Å². The van der Waals surface area contributed by atoms with Crippen molar-refractivity contribution in [3.63, 3.8) is 0 Å². The Labute approximate surface area is 204 Å². The van der Waals surface area contributed by atoms with Gasteiger partial charge in [-0.2, -0.15) is 0 Å². The van der Waals surface area contributed by atoms with Gasteiger partial charge in [0.2, 0.25) is 5.91 Å². The van der Waals surface area contributed by atoms with Gasteiger partial charge in [-0.3, -0.25) is 4.79 Å². The van der Waals surface area contributed by atoms with E-state index in [1.54, 1.807) is 6.92 Å². The minimum absolute atomic E-state index is 0.217. The summed E-state index contributed by atoms with van der Waals surface area (Å²) in [4.78, 5) is 24.4. The highest BCUT2D eigenvalue weighted by atomic mass is 16.8. The average Bonchev–Trinajstić information content (AvgIpc) is 2.89. The number of carbonyl (C=O) groups is 2. The monoisotopic (exact) mass is 485 g/mol. The zero-order valence-corrected chi connectivity index (χ0v) is 20.0. The van der Waals surface area contributed by atoms with Gasteiger partial charge in [-0.15, -0.1) is 0 Å². The highest BCUT2D eigenvalue weighted by Gasteiger charge is 2.52. The molecule has 0 aromatic heterocycles. The van der Waals surface area contributed by atoms with Crippen LogP contribution in [0, 0.1) is 0 Å². The van der Waals surface area contributed by atoms with Gasteiger partial charge in [-0.25, -0.2) is 4.79 Å². The quantitative estimate of drug-likeness (QED) is 0.569. The molecule has 0 bridgehead atoms. The summed E-state index contributed by atoms with van der Waals surface area (Å²) >= 11 is 0. The van der Waals surface area contributed by atoms with Crippen molar-refractivity contribution in [3.05, 3.63) is 71.8 Å². The molecule has 2 fully saturated rings. The zero-order chi connectivity index (χ0) is 24.8. The average molecular weight is 486 g/mol. The number of rotatable bonds is 8. The van der Waals surface area contributed by atoms with Gasteiger partial charge < -0.3 is 33.7 Å². The minimum Gasteiger partial charge on any atom is -0.467 e. The first-order valence-corrected chi connectivity index (χ1v) is 11.6. The topological polar surface area (TPSA) is 102 Å². The van der Waals surface area contributed by atoms with E-state index in [1.807, 2.05) is 60.7 Å². The van der Waals surface area contributed by atoms with Crippen molar-refractivity contribution in [2.45, 2.75) is 63.5 Å². The van der Waals surface area contributed by atoms with Crippen molar-refractivity contribution in [1.82, 2.24) is 5.32 Å². The van der Waals surface area contributed by atoms with Gasteiger partial charge in [0.15, 0.2) is 18.7 Å². The highest BCUT2D eigenvalue weighted by molar-refractivity contribution is 5.74. The molecule has 2 saturated heterocycles. The lowest BCUT2D eigenvalue weighted by atomic mass is 9.95. The lowest BCUT2D eigenvalue weighted by Crippen LogP contribution is -2.68. The van der Waals surface area contributed by atoms with Crippen molar-refractivity contribution in [1.29, 1.82) is 0 Å². The van der Waals surface area contributed by atoms with Crippen LogP contribution < -0.4 is 5.32 Å². The number of hydrogen-bond acceptors (Lipinski definition) is 8. The van der Waals surface area contributed by atoms with Crippen LogP contribution in [0.4, 0.5) is 0 Å². The predicted molar refractivity (Wildman–Crippen MR) is 124 cm³/mol. The Morgan fingerprint density at radius 3 is 2.40 bits per heavy atom. The van der Waals surface area contributed by atoms with E-state index in [-0.39, 0.29) is 19.1 Å². The number of esters is 1. The SMILES string of the molecule is COC(=O)[C@H](C)O[C@@H]1[C@@H](NC(C)=O)[C@@H](OCc2ccccc2)O[C@@H]2COC(c3ccccc3)O[C@@H]12. The van der Waals surface area contributed by atoms with Crippen LogP contribution in [-0.2, 0) is 44.6 Å². The van der Waals surface area contributed by atoms with E-state index in [2.05, 4.69) is 5.32 Å². The van der Waals surface area contributed by atoms with Crippen LogP contribution in [0.25, 0.3) is 0 Å². The first kappa shape index (κ1) is 25.3. The Morgan fingerprint density at radius 1 is 1.06 bits per heavy atom. The van der Waals surface area contributed by atoms with E-state index in [4.69, 9.17) is 28.4 Å². The van der Waals surface area contributed by atoms with Crippen molar-refractivity contribution in [2.24, 2.45) is 0 Å². The summed E-state index contributed by atoms with van der Waals surface area (Å²) in [5.74, 6) is -0.834. The molecule has 0 spiro atoms. The molecule has 2 aliphatic rings. The number of amides is 1. The molecular formula is C26H31NO8. The third kappa shape index (κ3) is 6.25. The summed E-state index contributed by atoms with van der Waals surface area (Å²) in [6, 6.07) is 18.4. The standard InChI is InChI=1S/C26H31NO8/c1-16(24(29)30-3)33-23-21(27-17(2)28)26(31-14-18-10-6-4-7-11-18)34-20-15-32-25(35-22(20)23)19-12-8-5-9-13-19/h4-13,16,20-23,25-26H,14-15H2,1-3H3,(H,27,28)/t16-,20+,21+,22+,23+,25?,26-/m0/s1. The van der Waals surface area contributed by atoms with Gasteiger partial charge in [0.05, 0.1) is 20.3 Å². The molecule has 7 atom stereocenters. The number of ether oxygens (including phenoxy) is 6. The maximum Gasteiger partial charge on any atom is 0.334 e. The van der Waals surface area contributed by atoms with E-state index >= 15 is 0 Å². The molecule has 9 nitrogen and oxygen atoms in total. The normalized spacial score (nSPS) is 29.0. The largest absolute Gasteiger partial charge is 0.467 e. The number of nitrogens with one attached hydrogen (secondary N) is 1. The molecule has 9 heteroatoms. The molecule has 0 radical (unpaired) electrons. The molecule has 0 aliphatic carbocycles. The first-order chi connectivity index (χ1) is 17.0. The zero-order valence-electron chi connectivity index (χ0n) is 20.0. The smallest absolute Gasteiger partial charge is 0.334 e. The fourth-order valence-corrected chi connectivity index (χ4v) is 4.25. The van der Waals surface area contributed by atoms with Gasteiger partial charge in [-0.1, -0.05) is 60.7 Å². The second-order valence-corrected chi connectivity index (χ2v) is 8.51. The summed E-state index contributed by atoms with van der Waals surface area (Å²) in [5.41, 5.74) is 1.78. The number of hydrogen-bond donors (Lipinski definition) is 1. The molecule has 188 valence electrons. The summed E-state index contributed by atoms with van der Waals surface area (Å²) in [7, 11) is 1.29. The molecule has 2 aliphatic heterocycles. The van der Waals surface area contributed by atoms with Gasteiger partial charge in [-0.05, 0) is 12.5 Å².